The number of hydrogen-bond acceptors (Lipinski definition) is 8. The molecule has 1 fully saturated rings. The van der Waals surface area contributed by atoms with Crippen LogP contribution in [0.4, 0.5) is 13.2 Å². The number of halogens is 3. The Labute approximate surface area is 173 Å². The molecule has 0 amide bonds. The van der Waals surface area contributed by atoms with Gasteiger partial charge < -0.3 is 29.9 Å². The van der Waals surface area contributed by atoms with Crippen molar-refractivity contribution in [2.75, 3.05) is 12.9 Å². The van der Waals surface area contributed by atoms with Gasteiger partial charge in [0.1, 0.15) is 30.1 Å². The van der Waals surface area contributed by atoms with Crippen LogP contribution >= 0.6 is 11.8 Å². The zero-order valence-electron chi connectivity index (χ0n) is 15.7. The zero-order valence-corrected chi connectivity index (χ0v) is 16.5. The molecule has 3 rings (SSSR count). The summed E-state index contributed by atoms with van der Waals surface area (Å²) in [6.45, 7) is -0.701. The van der Waals surface area contributed by atoms with Crippen LogP contribution in [-0.4, -0.2) is 74.2 Å². The van der Waals surface area contributed by atoms with E-state index in [4.69, 9.17) is 9.47 Å². The number of ether oxygens (including phenoxy) is 2. The molecule has 166 valence electrons. The van der Waals surface area contributed by atoms with Crippen LogP contribution in [0.1, 0.15) is 16.8 Å². The molecule has 2 aromatic rings. The Kier molecular flexibility index (Phi) is 6.95. The number of aromatic amines is 1. The summed E-state index contributed by atoms with van der Waals surface area (Å²) in [5.74, 6) is -0.472. The molecule has 0 bridgehead atoms. The van der Waals surface area contributed by atoms with Crippen LogP contribution in [-0.2, 0) is 17.3 Å². The van der Waals surface area contributed by atoms with Crippen molar-refractivity contribution in [3.05, 3.63) is 41.1 Å². The van der Waals surface area contributed by atoms with Crippen molar-refractivity contribution < 1.29 is 43.1 Å². The zero-order chi connectivity index (χ0) is 22.1. The van der Waals surface area contributed by atoms with E-state index >= 15 is 0 Å². The molecule has 5 atom stereocenters. The van der Waals surface area contributed by atoms with Crippen molar-refractivity contribution >= 4 is 11.8 Å². The van der Waals surface area contributed by atoms with E-state index in [2.05, 4.69) is 5.10 Å². The van der Waals surface area contributed by atoms with E-state index < -0.39 is 55.1 Å². The third kappa shape index (κ3) is 4.74. The van der Waals surface area contributed by atoms with E-state index in [0.717, 1.165) is 4.90 Å². The Morgan fingerprint density at radius 2 is 1.80 bits per heavy atom. The fourth-order valence-corrected chi connectivity index (χ4v) is 3.48. The summed E-state index contributed by atoms with van der Waals surface area (Å²) in [7, 11) is 0. The third-order valence-electron chi connectivity index (χ3n) is 4.73. The lowest BCUT2D eigenvalue weighted by atomic mass is 9.99. The monoisotopic (exact) mass is 450 g/mol. The fourth-order valence-electron chi connectivity index (χ4n) is 3.07. The summed E-state index contributed by atoms with van der Waals surface area (Å²) in [6.07, 6.45) is -11.1. The first-order valence-corrected chi connectivity index (χ1v) is 10.1. The summed E-state index contributed by atoms with van der Waals surface area (Å²) < 4.78 is 50.9. The molecule has 12 heteroatoms. The van der Waals surface area contributed by atoms with Crippen LogP contribution in [0.25, 0.3) is 0 Å². The molecule has 1 saturated heterocycles. The smallest absolute Gasteiger partial charge is 0.433 e. The van der Waals surface area contributed by atoms with Crippen LogP contribution in [0.15, 0.2) is 29.2 Å². The number of aliphatic hydroxyl groups excluding tert-OH is 4. The number of hydrogen-bond donors (Lipinski definition) is 5. The number of alkyl halides is 3. The summed E-state index contributed by atoms with van der Waals surface area (Å²) in [4.78, 5) is 0.944. The van der Waals surface area contributed by atoms with Gasteiger partial charge in [0.15, 0.2) is 0 Å². The molecule has 1 aromatic carbocycles. The number of aromatic nitrogens is 2. The van der Waals surface area contributed by atoms with Gasteiger partial charge >= 0.3 is 6.18 Å². The second-order valence-electron chi connectivity index (χ2n) is 6.72. The van der Waals surface area contributed by atoms with Crippen LogP contribution < -0.4 is 4.74 Å². The molecule has 2 heterocycles. The normalized spacial score (nSPS) is 27.3. The lowest BCUT2D eigenvalue weighted by Gasteiger charge is -2.39. The Bertz CT molecular complexity index is 845. The number of nitrogens with zero attached hydrogens (tertiary/aromatic N) is 1. The highest BCUT2D eigenvalue weighted by Crippen LogP contribution is 2.36. The van der Waals surface area contributed by atoms with Crippen molar-refractivity contribution in [1.29, 1.82) is 0 Å². The first-order chi connectivity index (χ1) is 14.2. The number of nitrogens with one attached hydrogen (secondary N) is 1. The van der Waals surface area contributed by atoms with Crippen molar-refractivity contribution in [3.63, 3.8) is 0 Å². The number of thioether (sulfide) groups is 1. The molecular weight excluding hydrogens is 429 g/mol. The molecule has 1 unspecified atom stereocenters. The highest BCUT2D eigenvalue weighted by molar-refractivity contribution is 7.98. The minimum Gasteiger partial charge on any atom is -0.443 e. The second-order valence-corrected chi connectivity index (χ2v) is 7.60. The van der Waals surface area contributed by atoms with Gasteiger partial charge in [-0.05, 0) is 24.0 Å². The number of rotatable bonds is 6. The lowest BCUT2D eigenvalue weighted by Crippen LogP contribution is -2.60. The van der Waals surface area contributed by atoms with Crippen molar-refractivity contribution in [3.8, 4) is 5.88 Å². The minimum absolute atomic E-state index is 0.174. The van der Waals surface area contributed by atoms with Crippen LogP contribution in [0.3, 0.4) is 0 Å². The van der Waals surface area contributed by atoms with Crippen LogP contribution in [0.5, 0.6) is 5.88 Å². The summed E-state index contributed by atoms with van der Waals surface area (Å²) in [5.41, 5.74) is -0.856. The summed E-state index contributed by atoms with van der Waals surface area (Å²) in [5, 5.41) is 44.5. The molecule has 0 aliphatic carbocycles. The molecule has 1 aromatic heterocycles. The quantitative estimate of drug-likeness (QED) is 0.411. The first-order valence-electron chi connectivity index (χ1n) is 8.90. The maximum atomic E-state index is 13.5. The Morgan fingerprint density at radius 1 is 1.13 bits per heavy atom. The summed E-state index contributed by atoms with van der Waals surface area (Å²) >= 11 is 1.49. The Balaban J connectivity index is 1.89. The van der Waals surface area contributed by atoms with E-state index in [1.165, 1.54) is 11.8 Å². The third-order valence-corrected chi connectivity index (χ3v) is 5.47. The van der Waals surface area contributed by atoms with Gasteiger partial charge in [-0.25, -0.2) is 0 Å². The molecule has 30 heavy (non-hydrogen) atoms. The van der Waals surface area contributed by atoms with Gasteiger partial charge in [-0.1, -0.05) is 12.1 Å². The summed E-state index contributed by atoms with van der Waals surface area (Å²) in [6, 6.07) is 6.89. The van der Waals surface area contributed by atoms with E-state index in [1.54, 1.807) is 24.3 Å². The standard InChI is InChI=1S/C18H21F3N2O6S/c1-30-9-4-2-8(3-5-9)6-10-15(18(19,20)21)22-23-16(10)29-17-14(27)13(26)12(25)11(7-24)28-17/h2-5,11-14,17,24-27H,6-7H2,1H3,(H,22,23)/t11-,12-,13+,14-,17?/m1/s1. The predicted octanol–water partition coefficient (Wildman–Crippen LogP) is 0.920. The average Bonchev–Trinajstić information content (AvgIpc) is 3.11. The predicted molar refractivity (Wildman–Crippen MR) is 99.0 cm³/mol. The highest BCUT2D eigenvalue weighted by Gasteiger charge is 2.46. The highest BCUT2D eigenvalue weighted by atomic mass is 32.2. The Morgan fingerprint density at radius 3 is 2.37 bits per heavy atom. The van der Waals surface area contributed by atoms with Crippen LogP contribution in [0.2, 0.25) is 0 Å². The Hall–Kier alpha value is -1.83. The molecular formula is C18H21F3N2O6S. The lowest BCUT2D eigenvalue weighted by molar-refractivity contribution is -0.278. The van der Waals surface area contributed by atoms with Gasteiger partial charge in [-0.3, -0.25) is 5.10 Å². The molecule has 1 aliphatic heterocycles. The van der Waals surface area contributed by atoms with E-state index in [1.807, 2.05) is 11.4 Å². The number of benzene rings is 1. The van der Waals surface area contributed by atoms with E-state index in [0.29, 0.717) is 5.56 Å². The maximum absolute atomic E-state index is 13.5. The molecule has 0 spiro atoms. The van der Waals surface area contributed by atoms with Gasteiger partial charge in [0.2, 0.25) is 12.2 Å². The first kappa shape index (κ1) is 22.8. The number of aliphatic hydroxyl groups is 4. The molecule has 0 radical (unpaired) electrons. The topological polar surface area (TPSA) is 128 Å². The van der Waals surface area contributed by atoms with Crippen molar-refractivity contribution in [1.82, 2.24) is 10.2 Å². The maximum Gasteiger partial charge on any atom is 0.433 e. The largest absolute Gasteiger partial charge is 0.443 e. The average molecular weight is 450 g/mol. The fraction of sp³-hybridized carbons (Fsp3) is 0.500. The van der Waals surface area contributed by atoms with Crippen molar-refractivity contribution in [2.45, 2.75) is 48.2 Å². The molecule has 8 nitrogen and oxygen atoms in total. The SMILES string of the molecule is CSc1ccc(Cc2c(OC3O[C@H](CO)[C@@H](O)[C@H](O)[C@H]3O)n[nH]c2C(F)(F)F)cc1. The molecule has 0 saturated carbocycles. The van der Waals surface area contributed by atoms with Gasteiger partial charge in [0.25, 0.3) is 0 Å². The molecule has 5 N–H and O–H groups in total. The van der Waals surface area contributed by atoms with Gasteiger partial charge in [-0.15, -0.1) is 16.9 Å². The van der Waals surface area contributed by atoms with E-state index in [9.17, 15) is 33.6 Å². The van der Waals surface area contributed by atoms with Gasteiger partial charge in [-0.2, -0.15) is 13.2 Å². The minimum atomic E-state index is -4.74. The van der Waals surface area contributed by atoms with Gasteiger partial charge in [0.05, 0.1) is 12.2 Å². The van der Waals surface area contributed by atoms with Gasteiger partial charge in [0, 0.05) is 11.3 Å². The van der Waals surface area contributed by atoms with Crippen LogP contribution in [0, 0.1) is 0 Å². The molecule has 1 aliphatic rings. The van der Waals surface area contributed by atoms with E-state index in [-0.39, 0.29) is 12.0 Å². The number of H-pyrrole nitrogens is 1. The van der Waals surface area contributed by atoms with Crippen molar-refractivity contribution in [2.24, 2.45) is 0 Å². The second kappa shape index (κ2) is 9.12.